The summed E-state index contributed by atoms with van der Waals surface area (Å²) in [5.41, 5.74) is 1.37. The number of nitrogens with one attached hydrogen (secondary N) is 1. The normalized spacial score (nSPS) is 13.8. The third kappa shape index (κ3) is 2.09. The predicted molar refractivity (Wildman–Crippen MR) is 58.7 cm³/mol. The van der Waals surface area contributed by atoms with E-state index in [2.05, 4.69) is 45.9 Å². The molecule has 1 unspecified atom stereocenters. The molecule has 0 radical (unpaired) electrons. The van der Waals surface area contributed by atoms with Crippen molar-refractivity contribution in [3.63, 3.8) is 0 Å². The Bertz CT molecular complexity index is 244. The van der Waals surface area contributed by atoms with E-state index >= 15 is 0 Å². The fourth-order valence-corrected chi connectivity index (χ4v) is 2.94. The van der Waals surface area contributed by atoms with Crippen molar-refractivity contribution in [1.82, 2.24) is 5.32 Å². The van der Waals surface area contributed by atoms with Crippen molar-refractivity contribution in [2.24, 2.45) is 5.92 Å². The van der Waals surface area contributed by atoms with Gasteiger partial charge in [-0.05, 0) is 39.8 Å². The summed E-state index contributed by atoms with van der Waals surface area (Å²) < 4.78 is 1.22. The molecule has 0 aromatic carbocycles. The van der Waals surface area contributed by atoms with E-state index in [4.69, 9.17) is 0 Å². The summed E-state index contributed by atoms with van der Waals surface area (Å²) in [6, 6.07) is 0.464. The molecule has 0 saturated heterocycles. The molecule has 0 fully saturated rings. The third-order valence-electron chi connectivity index (χ3n) is 1.96. The fourth-order valence-electron chi connectivity index (χ4n) is 1.36. The van der Waals surface area contributed by atoms with Crippen molar-refractivity contribution in [3.8, 4) is 0 Å². The van der Waals surface area contributed by atoms with Gasteiger partial charge in [0.1, 0.15) is 0 Å². The second-order valence-electron chi connectivity index (χ2n) is 3.19. The molecule has 1 nitrogen and oxygen atoms in total. The van der Waals surface area contributed by atoms with Crippen LogP contribution in [0.25, 0.3) is 0 Å². The standard InChI is InChI=1S/C9H14BrNS/c1-6(2)9(11-3)7-4-12-5-8(7)10/h4-6,9,11H,1-3H3. The number of rotatable bonds is 3. The zero-order chi connectivity index (χ0) is 9.14. The molecule has 0 spiro atoms. The smallest absolute Gasteiger partial charge is 0.0360 e. The van der Waals surface area contributed by atoms with E-state index in [0.29, 0.717) is 12.0 Å². The van der Waals surface area contributed by atoms with Crippen LogP contribution in [0.5, 0.6) is 0 Å². The van der Waals surface area contributed by atoms with Gasteiger partial charge in [0.15, 0.2) is 0 Å². The van der Waals surface area contributed by atoms with Crippen LogP contribution in [0.4, 0.5) is 0 Å². The Morgan fingerprint density at radius 2 is 2.08 bits per heavy atom. The van der Waals surface area contributed by atoms with Gasteiger partial charge >= 0.3 is 0 Å². The first kappa shape index (κ1) is 10.2. The van der Waals surface area contributed by atoms with Crippen molar-refractivity contribution in [1.29, 1.82) is 0 Å². The summed E-state index contributed by atoms with van der Waals surface area (Å²) in [5.74, 6) is 0.626. The van der Waals surface area contributed by atoms with Gasteiger partial charge in [-0.2, -0.15) is 11.3 Å². The SMILES string of the molecule is CNC(c1cscc1Br)C(C)C. The van der Waals surface area contributed by atoms with E-state index in [1.165, 1.54) is 10.0 Å². The average Bonchev–Trinajstić information content (AvgIpc) is 2.38. The molecule has 12 heavy (non-hydrogen) atoms. The largest absolute Gasteiger partial charge is 0.313 e. The van der Waals surface area contributed by atoms with E-state index in [0.717, 1.165) is 0 Å². The summed E-state index contributed by atoms with van der Waals surface area (Å²) in [6.45, 7) is 4.45. The average molecular weight is 248 g/mol. The van der Waals surface area contributed by atoms with Crippen LogP contribution in [-0.2, 0) is 0 Å². The second-order valence-corrected chi connectivity index (χ2v) is 4.78. The Kier molecular flexibility index (Phi) is 3.75. The van der Waals surface area contributed by atoms with Crippen LogP contribution in [0.1, 0.15) is 25.5 Å². The molecule has 0 aliphatic rings. The second kappa shape index (κ2) is 4.40. The van der Waals surface area contributed by atoms with Gasteiger partial charge in [0.05, 0.1) is 0 Å². The molecule has 0 saturated carbocycles. The van der Waals surface area contributed by atoms with Gasteiger partial charge in [-0.25, -0.2) is 0 Å². The summed E-state index contributed by atoms with van der Waals surface area (Å²) in [6.07, 6.45) is 0. The van der Waals surface area contributed by atoms with Gasteiger partial charge in [0.2, 0.25) is 0 Å². The lowest BCUT2D eigenvalue weighted by atomic mass is 9.99. The van der Waals surface area contributed by atoms with Crippen molar-refractivity contribution >= 4 is 27.3 Å². The quantitative estimate of drug-likeness (QED) is 0.864. The molecule has 0 bridgehead atoms. The number of thiophene rings is 1. The predicted octanol–water partition coefficient (Wildman–Crippen LogP) is 3.43. The third-order valence-corrected chi connectivity index (χ3v) is 3.71. The Morgan fingerprint density at radius 3 is 2.42 bits per heavy atom. The first-order valence-corrected chi connectivity index (χ1v) is 5.79. The highest BCUT2D eigenvalue weighted by Crippen LogP contribution is 2.30. The topological polar surface area (TPSA) is 12.0 Å². The highest BCUT2D eigenvalue weighted by atomic mass is 79.9. The molecule has 1 aromatic rings. The van der Waals surface area contributed by atoms with Gasteiger partial charge in [0.25, 0.3) is 0 Å². The summed E-state index contributed by atoms with van der Waals surface area (Å²) in [7, 11) is 2.01. The number of hydrogen-bond donors (Lipinski definition) is 1. The summed E-state index contributed by atoms with van der Waals surface area (Å²) in [5, 5.41) is 7.65. The first-order valence-electron chi connectivity index (χ1n) is 4.05. The van der Waals surface area contributed by atoms with Gasteiger partial charge in [0, 0.05) is 15.9 Å². The van der Waals surface area contributed by atoms with E-state index in [-0.39, 0.29) is 0 Å². The Labute approximate surface area is 86.3 Å². The van der Waals surface area contributed by atoms with E-state index < -0.39 is 0 Å². The van der Waals surface area contributed by atoms with Crippen LogP contribution in [0, 0.1) is 5.92 Å². The molecule has 1 aromatic heterocycles. The van der Waals surface area contributed by atoms with Crippen molar-refractivity contribution < 1.29 is 0 Å². The van der Waals surface area contributed by atoms with E-state index in [9.17, 15) is 0 Å². The maximum atomic E-state index is 3.55. The molecule has 1 atom stereocenters. The lowest BCUT2D eigenvalue weighted by Gasteiger charge is -2.19. The van der Waals surface area contributed by atoms with Gasteiger partial charge in [-0.1, -0.05) is 13.8 Å². The highest BCUT2D eigenvalue weighted by molar-refractivity contribution is 9.10. The number of hydrogen-bond acceptors (Lipinski definition) is 2. The minimum absolute atomic E-state index is 0.464. The van der Waals surface area contributed by atoms with Gasteiger partial charge in [-0.3, -0.25) is 0 Å². The van der Waals surface area contributed by atoms with Crippen LogP contribution in [-0.4, -0.2) is 7.05 Å². The monoisotopic (exact) mass is 247 g/mol. The maximum absolute atomic E-state index is 3.55. The lowest BCUT2D eigenvalue weighted by Crippen LogP contribution is -2.21. The molecule has 0 amide bonds. The molecule has 68 valence electrons. The molecule has 1 N–H and O–H groups in total. The fraction of sp³-hybridized carbons (Fsp3) is 0.556. The minimum atomic E-state index is 0.464. The Balaban J connectivity index is 2.87. The molecule has 1 rings (SSSR count). The Hall–Kier alpha value is 0.140. The molecule has 0 aliphatic carbocycles. The number of halogens is 1. The summed E-state index contributed by atoms with van der Waals surface area (Å²) in [4.78, 5) is 0. The molecule has 0 aliphatic heterocycles. The molecule has 1 heterocycles. The van der Waals surface area contributed by atoms with Crippen molar-refractivity contribution in [3.05, 3.63) is 20.8 Å². The Morgan fingerprint density at radius 1 is 1.42 bits per heavy atom. The van der Waals surface area contributed by atoms with Crippen LogP contribution in [0.3, 0.4) is 0 Å². The van der Waals surface area contributed by atoms with Gasteiger partial charge in [-0.15, -0.1) is 0 Å². The zero-order valence-corrected chi connectivity index (χ0v) is 10.00. The van der Waals surface area contributed by atoms with E-state index in [1.807, 2.05) is 7.05 Å². The lowest BCUT2D eigenvalue weighted by molar-refractivity contribution is 0.443. The molecular formula is C9H14BrNS. The van der Waals surface area contributed by atoms with Crippen molar-refractivity contribution in [2.45, 2.75) is 19.9 Å². The van der Waals surface area contributed by atoms with Crippen LogP contribution >= 0.6 is 27.3 Å². The molecular weight excluding hydrogens is 234 g/mol. The van der Waals surface area contributed by atoms with Crippen LogP contribution < -0.4 is 5.32 Å². The van der Waals surface area contributed by atoms with Crippen molar-refractivity contribution in [2.75, 3.05) is 7.05 Å². The minimum Gasteiger partial charge on any atom is -0.313 e. The summed E-state index contributed by atoms with van der Waals surface area (Å²) >= 11 is 5.29. The zero-order valence-electron chi connectivity index (χ0n) is 7.60. The highest BCUT2D eigenvalue weighted by Gasteiger charge is 2.16. The first-order chi connectivity index (χ1) is 5.66. The molecule has 3 heteroatoms. The van der Waals surface area contributed by atoms with E-state index in [1.54, 1.807) is 11.3 Å². The van der Waals surface area contributed by atoms with Crippen LogP contribution in [0.2, 0.25) is 0 Å². The maximum Gasteiger partial charge on any atom is 0.0360 e. The van der Waals surface area contributed by atoms with Crippen LogP contribution in [0.15, 0.2) is 15.2 Å². The van der Waals surface area contributed by atoms with Gasteiger partial charge < -0.3 is 5.32 Å².